The van der Waals surface area contributed by atoms with Crippen molar-refractivity contribution >= 4 is 34.3 Å². The van der Waals surface area contributed by atoms with Crippen LogP contribution in [-0.2, 0) is 4.79 Å². The fourth-order valence-corrected chi connectivity index (χ4v) is 2.98. The molecular weight excluding hydrogens is 288 g/mol. The van der Waals surface area contributed by atoms with Crippen molar-refractivity contribution in [3.05, 3.63) is 34.9 Å². The molecule has 1 aromatic carbocycles. The van der Waals surface area contributed by atoms with Crippen LogP contribution in [0.15, 0.2) is 24.3 Å². The summed E-state index contributed by atoms with van der Waals surface area (Å²) in [5.41, 5.74) is 1.90. The van der Waals surface area contributed by atoms with Crippen LogP contribution in [0, 0.1) is 12.8 Å². The van der Waals surface area contributed by atoms with Crippen LogP contribution in [0.5, 0.6) is 0 Å². The van der Waals surface area contributed by atoms with Crippen LogP contribution in [0.3, 0.4) is 0 Å². The van der Waals surface area contributed by atoms with Crippen LogP contribution >= 0.6 is 11.6 Å². The normalized spacial score (nSPS) is 16.4. The largest absolute Gasteiger partial charge is 0.481 e. The minimum absolute atomic E-state index is 0.224. The second-order valence-electron chi connectivity index (χ2n) is 5.51. The fraction of sp³-hybridized carbons (Fsp3) is 0.375. The third-order valence-corrected chi connectivity index (χ3v) is 4.61. The Bertz CT molecular complexity index is 694. The Labute approximate surface area is 128 Å². The summed E-state index contributed by atoms with van der Waals surface area (Å²) in [6.45, 7) is 3.43. The predicted octanol–water partition coefficient (Wildman–Crippen LogP) is 3.50. The molecule has 0 spiro atoms. The molecule has 0 unspecified atom stereocenters. The maximum Gasteiger partial charge on any atom is 0.306 e. The molecular formula is C16H17ClN2O2. The molecule has 1 aliphatic rings. The van der Waals surface area contributed by atoms with Gasteiger partial charge in [-0.25, -0.2) is 4.98 Å². The highest BCUT2D eigenvalue weighted by Crippen LogP contribution is 2.28. The first-order valence-electron chi connectivity index (χ1n) is 7.10. The Kier molecular flexibility index (Phi) is 3.72. The number of nitrogens with zero attached hydrogens (tertiary/aromatic N) is 2. The van der Waals surface area contributed by atoms with Gasteiger partial charge in [-0.3, -0.25) is 4.79 Å². The highest BCUT2D eigenvalue weighted by Gasteiger charge is 2.25. The highest BCUT2D eigenvalue weighted by atomic mass is 35.5. The number of anilines is 1. The number of rotatable bonds is 2. The molecule has 2 heterocycles. The molecule has 1 N–H and O–H groups in total. The lowest BCUT2D eigenvalue weighted by Gasteiger charge is -2.31. The van der Waals surface area contributed by atoms with Crippen molar-refractivity contribution in [3.8, 4) is 0 Å². The lowest BCUT2D eigenvalue weighted by Crippen LogP contribution is -2.36. The van der Waals surface area contributed by atoms with Crippen LogP contribution in [0.2, 0.25) is 5.02 Å². The van der Waals surface area contributed by atoms with Crippen molar-refractivity contribution in [1.29, 1.82) is 0 Å². The van der Waals surface area contributed by atoms with Gasteiger partial charge in [-0.05, 0) is 43.5 Å². The third-order valence-electron chi connectivity index (χ3n) is 4.20. The molecule has 5 heteroatoms. The molecule has 1 aliphatic heterocycles. The molecule has 0 bridgehead atoms. The molecule has 1 saturated heterocycles. The van der Waals surface area contributed by atoms with Gasteiger partial charge >= 0.3 is 5.97 Å². The van der Waals surface area contributed by atoms with E-state index in [0.717, 1.165) is 40.4 Å². The second kappa shape index (κ2) is 5.53. The van der Waals surface area contributed by atoms with E-state index in [9.17, 15) is 4.79 Å². The van der Waals surface area contributed by atoms with Crippen LogP contribution in [0.1, 0.15) is 18.4 Å². The van der Waals surface area contributed by atoms with Gasteiger partial charge in [0.25, 0.3) is 0 Å². The van der Waals surface area contributed by atoms with Gasteiger partial charge in [0.15, 0.2) is 0 Å². The van der Waals surface area contributed by atoms with Crippen molar-refractivity contribution in [2.75, 3.05) is 18.0 Å². The minimum atomic E-state index is -0.691. The summed E-state index contributed by atoms with van der Waals surface area (Å²) in [6, 6.07) is 7.90. The Morgan fingerprint density at radius 2 is 1.95 bits per heavy atom. The van der Waals surface area contributed by atoms with Crippen LogP contribution in [0.4, 0.5) is 5.82 Å². The molecule has 1 fully saturated rings. The van der Waals surface area contributed by atoms with Crippen molar-refractivity contribution in [2.45, 2.75) is 19.8 Å². The summed E-state index contributed by atoms with van der Waals surface area (Å²) in [5, 5.41) is 10.8. The summed E-state index contributed by atoms with van der Waals surface area (Å²) in [6.07, 6.45) is 1.34. The molecule has 2 aromatic rings. The molecule has 0 amide bonds. The second-order valence-corrected chi connectivity index (χ2v) is 5.92. The molecule has 0 saturated carbocycles. The van der Waals surface area contributed by atoms with E-state index in [1.54, 1.807) is 0 Å². The summed E-state index contributed by atoms with van der Waals surface area (Å²) in [5.74, 6) is -0.0154. The number of fused-ring (bicyclic) bond motifs is 1. The Morgan fingerprint density at radius 1 is 1.29 bits per heavy atom. The molecule has 0 atom stereocenters. The predicted molar refractivity (Wildman–Crippen MR) is 84.1 cm³/mol. The zero-order chi connectivity index (χ0) is 15.0. The average molecular weight is 305 g/mol. The molecule has 0 aliphatic carbocycles. The molecule has 4 nitrogen and oxygen atoms in total. The van der Waals surface area contributed by atoms with E-state index in [2.05, 4.69) is 4.90 Å². The number of piperidine rings is 1. The topological polar surface area (TPSA) is 53.4 Å². The zero-order valence-corrected chi connectivity index (χ0v) is 12.6. The van der Waals surface area contributed by atoms with E-state index < -0.39 is 5.97 Å². The maximum absolute atomic E-state index is 11.0. The van der Waals surface area contributed by atoms with Crippen LogP contribution in [-0.4, -0.2) is 29.1 Å². The number of hydrogen-bond acceptors (Lipinski definition) is 3. The van der Waals surface area contributed by atoms with Crippen molar-refractivity contribution in [2.24, 2.45) is 5.92 Å². The number of halogens is 1. The van der Waals surface area contributed by atoms with E-state index in [4.69, 9.17) is 21.7 Å². The smallest absolute Gasteiger partial charge is 0.306 e. The summed E-state index contributed by atoms with van der Waals surface area (Å²) >= 11 is 6.16. The number of pyridine rings is 1. The molecule has 0 radical (unpaired) electrons. The summed E-state index contributed by atoms with van der Waals surface area (Å²) in [7, 11) is 0. The van der Waals surface area contributed by atoms with Gasteiger partial charge in [0, 0.05) is 23.5 Å². The summed E-state index contributed by atoms with van der Waals surface area (Å²) < 4.78 is 0. The quantitative estimate of drug-likeness (QED) is 0.922. The Morgan fingerprint density at radius 3 is 2.62 bits per heavy atom. The van der Waals surface area contributed by atoms with Gasteiger partial charge in [0.1, 0.15) is 5.82 Å². The van der Waals surface area contributed by atoms with E-state index in [1.165, 1.54) is 0 Å². The van der Waals surface area contributed by atoms with Gasteiger partial charge in [-0.2, -0.15) is 0 Å². The number of carboxylic acid groups (broad SMARTS) is 1. The number of aryl methyl sites for hydroxylation is 1. The number of benzene rings is 1. The first-order valence-corrected chi connectivity index (χ1v) is 7.47. The lowest BCUT2D eigenvalue weighted by molar-refractivity contribution is -0.142. The minimum Gasteiger partial charge on any atom is -0.481 e. The monoisotopic (exact) mass is 304 g/mol. The fourth-order valence-electron chi connectivity index (χ4n) is 2.83. The van der Waals surface area contributed by atoms with Gasteiger partial charge in [0.2, 0.25) is 0 Å². The Balaban J connectivity index is 1.88. The number of hydrogen-bond donors (Lipinski definition) is 1. The first kappa shape index (κ1) is 14.1. The van der Waals surface area contributed by atoms with E-state index in [0.29, 0.717) is 12.8 Å². The Hall–Kier alpha value is -1.81. The van der Waals surface area contributed by atoms with Gasteiger partial charge in [-0.15, -0.1) is 0 Å². The van der Waals surface area contributed by atoms with Crippen LogP contribution < -0.4 is 4.90 Å². The third kappa shape index (κ3) is 2.68. The lowest BCUT2D eigenvalue weighted by atomic mass is 9.97. The van der Waals surface area contributed by atoms with Gasteiger partial charge < -0.3 is 10.0 Å². The molecule has 3 rings (SSSR count). The molecule has 110 valence electrons. The van der Waals surface area contributed by atoms with Crippen molar-refractivity contribution < 1.29 is 9.90 Å². The number of carboxylic acids is 1. The number of carbonyl (C=O) groups is 1. The molecule has 21 heavy (non-hydrogen) atoms. The van der Waals surface area contributed by atoms with E-state index >= 15 is 0 Å². The maximum atomic E-state index is 11.0. The van der Waals surface area contributed by atoms with Gasteiger partial charge in [-0.1, -0.05) is 17.7 Å². The van der Waals surface area contributed by atoms with Crippen LogP contribution in [0.25, 0.3) is 10.9 Å². The van der Waals surface area contributed by atoms with E-state index in [1.807, 2.05) is 31.2 Å². The summed E-state index contributed by atoms with van der Waals surface area (Å²) in [4.78, 5) is 17.9. The SMILES string of the molecule is Cc1c(Cl)ccc2ccc(N3CCC(C(=O)O)CC3)nc12. The van der Waals surface area contributed by atoms with Crippen molar-refractivity contribution in [3.63, 3.8) is 0 Å². The zero-order valence-electron chi connectivity index (χ0n) is 11.8. The van der Waals surface area contributed by atoms with E-state index in [-0.39, 0.29) is 5.92 Å². The number of aromatic nitrogens is 1. The van der Waals surface area contributed by atoms with Crippen molar-refractivity contribution in [1.82, 2.24) is 4.98 Å². The molecule has 1 aromatic heterocycles. The average Bonchev–Trinajstić information content (AvgIpc) is 2.51. The highest BCUT2D eigenvalue weighted by molar-refractivity contribution is 6.32. The van der Waals surface area contributed by atoms with Gasteiger partial charge in [0.05, 0.1) is 11.4 Å². The standard InChI is InChI=1S/C16H17ClN2O2/c1-10-13(17)4-2-11-3-5-14(18-15(10)11)19-8-6-12(7-9-19)16(20)21/h2-5,12H,6-9H2,1H3,(H,20,21). The first-order chi connectivity index (χ1) is 10.1. The number of aliphatic carboxylic acids is 1.